The Kier molecular flexibility index (Phi) is 3.81. The molecule has 1 aliphatic heterocycles. The van der Waals surface area contributed by atoms with Gasteiger partial charge in [-0.15, -0.1) is 0 Å². The van der Waals surface area contributed by atoms with E-state index in [2.05, 4.69) is 0 Å². The summed E-state index contributed by atoms with van der Waals surface area (Å²) in [5, 5.41) is 0.557. The number of rotatable bonds is 3. The van der Waals surface area contributed by atoms with Crippen LogP contribution in [0.4, 0.5) is 5.69 Å². The van der Waals surface area contributed by atoms with Gasteiger partial charge in [-0.05, 0) is 29.8 Å². The molecule has 0 saturated carbocycles. The summed E-state index contributed by atoms with van der Waals surface area (Å²) in [5.41, 5.74) is 1.40. The summed E-state index contributed by atoms with van der Waals surface area (Å²) < 4.78 is 5.10. The van der Waals surface area contributed by atoms with E-state index in [1.807, 2.05) is 12.1 Å². The van der Waals surface area contributed by atoms with Crippen LogP contribution in [0.5, 0.6) is 5.75 Å². The summed E-state index contributed by atoms with van der Waals surface area (Å²) in [7, 11) is 1.58. The van der Waals surface area contributed by atoms with Gasteiger partial charge in [0, 0.05) is 0 Å². The van der Waals surface area contributed by atoms with Crippen LogP contribution in [0.15, 0.2) is 36.4 Å². The average molecular weight is 336 g/mol. The van der Waals surface area contributed by atoms with Crippen molar-refractivity contribution in [2.45, 2.75) is 6.54 Å². The number of ether oxygens (including phenoxy) is 1. The van der Waals surface area contributed by atoms with Crippen LogP contribution in [0.2, 0.25) is 10.0 Å². The Morgan fingerprint density at radius 1 is 1.00 bits per heavy atom. The van der Waals surface area contributed by atoms with Gasteiger partial charge in [0.15, 0.2) is 0 Å². The van der Waals surface area contributed by atoms with Crippen LogP contribution >= 0.6 is 23.2 Å². The van der Waals surface area contributed by atoms with E-state index < -0.39 is 11.7 Å². The Morgan fingerprint density at radius 3 is 2.27 bits per heavy atom. The van der Waals surface area contributed by atoms with Crippen LogP contribution in [0.1, 0.15) is 15.9 Å². The van der Waals surface area contributed by atoms with E-state index in [0.717, 1.165) is 5.56 Å². The van der Waals surface area contributed by atoms with E-state index >= 15 is 0 Å². The van der Waals surface area contributed by atoms with Crippen molar-refractivity contribution in [2.24, 2.45) is 0 Å². The molecule has 3 rings (SSSR count). The lowest BCUT2D eigenvalue weighted by Crippen LogP contribution is -2.29. The first-order valence-electron chi connectivity index (χ1n) is 6.50. The van der Waals surface area contributed by atoms with Gasteiger partial charge in [-0.3, -0.25) is 14.5 Å². The molecule has 1 aliphatic rings. The van der Waals surface area contributed by atoms with Gasteiger partial charge >= 0.3 is 0 Å². The van der Waals surface area contributed by atoms with Crippen LogP contribution < -0.4 is 9.64 Å². The number of methoxy groups -OCH3 is 1. The number of ketones is 1. The van der Waals surface area contributed by atoms with Crippen LogP contribution in [0.25, 0.3) is 0 Å². The molecule has 2 aromatic rings. The molecule has 112 valence electrons. The third-order valence-electron chi connectivity index (χ3n) is 3.51. The molecule has 0 atom stereocenters. The summed E-state index contributed by atoms with van der Waals surface area (Å²) in [6.45, 7) is 0.238. The highest BCUT2D eigenvalue weighted by atomic mass is 35.5. The average Bonchev–Trinajstić information content (AvgIpc) is 2.78. The van der Waals surface area contributed by atoms with Gasteiger partial charge in [-0.2, -0.15) is 0 Å². The standard InChI is InChI=1S/C16H11Cl2NO3/c1-22-10-4-2-9(3-5-10)8-19-14-12(18)7-6-11(17)13(14)15(20)16(19)21/h2-7H,8H2,1H3. The minimum atomic E-state index is -0.629. The van der Waals surface area contributed by atoms with Crippen molar-refractivity contribution in [1.29, 1.82) is 0 Å². The number of amides is 1. The Morgan fingerprint density at radius 2 is 1.64 bits per heavy atom. The number of halogens is 2. The summed E-state index contributed by atoms with van der Waals surface area (Å²) in [5.74, 6) is -0.536. The molecule has 0 aromatic heterocycles. The topological polar surface area (TPSA) is 46.6 Å². The summed E-state index contributed by atoms with van der Waals surface area (Å²) >= 11 is 12.2. The molecule has 0 saturated heterocycles. The van der Waals surface area contributed by atoms with Crippen molar-refractivity contribution in [3.05, 3.63) is 57.6 Å². The molecule has 4 nitrogen and oxygen atoms in total. The minimum Gasteiger partial charge on any atom is -0.497 e. The fourth-order valence-electron chi connectivity index (χ4n) is 2.42. The van der Waals surface area contributed by atoms with Crippen molar-refractivity contribution >= 4 is 40.6 Å². The SMILES string of the molecule is COc1ccc(CN2C(=O)C(=O)c3c(Cl)ccc(Cl)c32)cc1. The number of nitrogens with zero attached hydrogens (tertiary/aromatic N) is 1. The van der Waals surface area contributed by atoms with Crippen LogP contribution in [-0.2, 0) is 11.3 Å². The lowest BCUT2D eigenvalue weighted by atomic mass is 10.1. The summed E-state index contributed by atoms with van der Waals surface area (Å²) in [6.07, 6.45) is 0. The number of fused-ring (bicyclic) bond motifs is 1. The van der Waals surface area contributed by atoms with E-state index in [4.69, 9.17) is 27.9 Å². The van der Waals surface area contributed by atoms with E-state index in [1.54, 1.807) is 25.3 Å². The second-order valence-corrected chi connectivity index (χ2v) is 5.64. The Labute approximate surface area is 137 Å². The van der Waals surface area contributed by atoms with Crippen molar-refractivity contribution in [3.8, 4) is 5.75 Å². The lowest BCUT2D eigenvalue weighted by molar-refractivity contribution is -0.114. The maximum atomic E-state index is 12.2. The first-order valence-corrected chi connectivity index (χ1v) is 7.25. The second-order valence-electron chi connectivity index (χ2n) is 4.82. The van der Waals surface area contributed by atoms with Crippen molar-refractivity contribution < 1.29 is 14.3 Å². The van der Waals surface area contributed by atoms with E-state index in [1.165, 1.54) is 11.0 Å². The molecule has 2 aromatic carbocycles. The molecule has 0 aliphatic carbocycles. The number of hydrogen-bond acceptors (Lipinski definition) is 3. The maximum Gasteiger partial charge on any atom is 0.299 e. The molecular weight excluding hydrogens is 325 g/mol. The highest BCUT2D eigenvalue weighted by molar-refractivity contribution is 6.56. The molecule has 1 heterocycles. The molecule has 0 N–H and O–H groups in total. The fraction of sp³-hybridized carbons (Fsp3) is 0.125. The highest BCUT2D eigenvalue weighted by Gasteiger charge is 2.39. The largest absolute Gasteiger partial charge is 0.497 e. The zero-order valence-corrected chi connectivity index (χ0v) is 13.1. The van der Waals surface area contributed by atoms with Gasteiger partial charge in [0.05, 0.1) is 35.0 Å². The van der Waals surface area contributed by atoms with E-state index in [0.29, 0.717) is 16.5 Å². The van der Waals surface area contributed by atoms with Crippen molar-refractivity contribution in [2.75, 3.05) is 12.0 Å². The minimum absolute atomic E-state index is 0.174. The molecule has 0 fully saturated rings. The normalized spacial score (nSPS) is 13.5. The van der Waals surface area contributed by atoms with Gasteiger partial charge in [-0.1, -0.05) is 35.3 Å². The smallest absolute Gasteiger partial charge is 0.299 e. The van der Waals surface area contributed by atoms with E-state index in [-0.39, 0.29) is 17.1 Å². The third-order valence-corrected chi connectivity index (χ3v) is 4.13. The maximum absolute atomic E-state index is 12.2. The predicted octanol–water partition coefficient (Wildman–Crippen LogP) is 3.73. The number of carbonyl (C=O) groups is 2. The predicted molar refractivity (Wildman–Crippen MR) is 85.0 cm³/mol. The fourth-order valence-corrected chi connectivity index (χ4v) is 2.91. The zero-order chi connectivity index (χ0) is 15.9. The molecule has 0 unspecified atom stereocenters. The van der Waals surface area contributed by atoms with Crippen LogP contribution in [0, 0.1) is 0 Å². The molecule has 1 amide bonds. The lowest BCUT2D eigenvalue weighted by Gasteiger charge is -2.18. The van der Waals surface area contributed by atoms with Crippen LogP contribution in [0.3, 0.4) is 0 Å². The second kappa shape index (κ2) is 5.63. The number of Topliss-reactive ketones (excluding diaryl/α,β-unsaturated/α-hetero) is 1. The Bertz CT molecular complexity index is 772. The van der Waals surface area contributed by atoms with Gasteiger partial charge in [-0.25, -0.2) is 0 Å². The molecule has 22 heavy (non-hydrogen) atoms. The number of anilines is 1. The number of hydrogen-bond donors (Lipinski definition) is 0. The Hall–Kier alpha value is -2.04. The Balaban J connectivity index is 2.00. The van der Waals surface area contributed by atoms with Gasteiger partial charge < -0.3 is 4.74 Å². The summed E-state index contributed by atoms with van der Waals surface area (Å²) in [4.78, 5) is 25.7. The van der Waals surface area contributed by atoms with Gasteiger partial charge in [0.1, 0.15) is 5.75 Å². The molecular formula is C16H11Cl2NO3. The van der Waals surface area contributed by atoms with Gasteiger partial charge in [0.2, 0.25) is 0 Å². The van der Waals surface area contributed by atoms with E-state index in [9.17, 15) is 9.59 Å². The molecule has 0 radical (unpaired) electrons. The monoisotopic (exact) mass is 335 g/mol. The van der Waals surface area contributed by atoms with Crippen molar-refractivity contribution in [1.82, 2.24) is 0 Å². The highest BCUT2D eigenvalue weighted by Crippen LogP contribution is 2.40. The quantitative estimate of drug-likeness (QED) is 0.803. The first kappa shape index (κ1) is 14.9. The molecule has 6 heteroatoms. The number of carbonyl (C=O) groups excluding carboxylic acids is 2. The number of benzene rings is 2. The van der Waals surface area contributed by atoms with Crippen molar-refractivity contribution in [3.63, 3.8) is 0 Å². The van der Waals surface area contributed by atoms with Crippen LogP contribution in [-0.4, -0.2) is 18.8 Å². The zero-order valence-electron chi connectivity index (χ0n) is 11.6. The molecule has 0 spiro atoms. The first-order chi connectivity index (χ1) is 10.5. The molecule has 0 bridgehead atoms. The third kappa shape index (κ3) is 2.34. The summed E-state index contributed by atoms with van der Waals surface area (Å²) in [6, 6.07) is 10.3. The van der Waals surface area contributed by atoms with Gasteiger partial charge in [0.25, 0.3) is 11.7 Å².